The molecular formula is C18H19N5O3. The van der Waals surface area contributed by atoms with Crippen LogP contribution in [0.1, 0.15) is 16.2 Å². The van der Waals surface area contributed by atoms with Crippen LogP contribution in [0.5, 0.6) is 5.88 Å². The summed E-state index contributed by atoms with van der Waals surface area (Å²) in [5.74, 6) is 1.34. The Kier molecular flexibility index (Phi) is 4.16. The van der Waals surface area contributed by atoms with Gasteiger partial charge in [-0.1, -0.05) is 0 Å². The van der Waals surface area contributed by atoms with Crippen molar-refractivity contribution in [3.63, 3.8) is 0 Å². The molecule has 4 rings (SSSR count). The number of carbonyl (C=O) groups is 1. The number of hydrogen-bond acceptors (Lipinski definition) is 7. The van der Waals surface area contributed by atoms with Crippen molar-refractivity contribution < 1.29 is 13.9 Å². The number of piperazine rings is 1. The number of aryl methyl sites for hydroxylation is 1. The van der Waals surface area contributed by atoms with E-state index in [0.29, 0.717) is 54.9 Å². The third kappa shape index (κ3) is 3.05. The van der Waals surface area contributed by atoms with Gasteiger partial charge in [-0.05, 0) is 19.1 Å². The van der Waals surface area contributed by atoms with Gasteiger partial charge in [0.05, 0.1) is 7.11 Å². The molecule has 0 atom stereocenters. The summed E-state index contributed by atoms with van der Waals surface area (Å²) in [5.41, 5.74) is 2.23. The van der Waals surface area contributed by atoms with E-state index in [4.69, 9.17) is 9.15 Å². The van der Waals surface area contributed by atoms with Crippen LogP contribution in [-0.2, 0) is 0 Å². The summed E-state index contributed by atoms with van der Waals surface area (Å²) < 4.78 is 10.8. The molecule has 26 heavy (non-hydrogen) atoms. The Bertz CT molecular complexity index is 947. The van der Waals surface area contributed by atoms with E-state index in [-0.39, 0.29) is 5.91 Å². The number of hydrogen-bond donors (Lipinski definition) is 0. The quantitative estimate of drug-likeness (QED) is 0.711. The highest BCUT2D eigenvalue weighted by atomic mass is 16.5. The largest absolute Gasteiger partial charge is 0.481 e. The number of amides is 1. The summed E-state index contributed by atoms with van der Waals surface area (Å²) in [4.78, 5) is 29.6. The summed E-state index contributed by atoms with van der Waals surface area (Å²) in [6.45, 7) is 4.35. The molecular weight excluding hydrogens is 334 g/mol. The number of furan rings is 1. The molecule has 0 N–H and O–H groups in total. The smallest absolute Gasteiger partial charge is 0.289 e. The lowest BCUT2D eigenvalue weighted by Gasteiger charge is -2.34. The highest BCUT2D eigenvalue weighted by Crippen LogP contribution is 2.21. The van der Waals surface area contributed by atoms with Crippen molar-refractivity contribution in [2.24, 2.45) is 0 Å². The Balaban J connectivity index is 1.45. The van der Waals surface area contributed by atoms with Gasteiger partial charge in [-0.3, -0.25) is 4.79 Å². The van der Waals surface area contributed by atoms with E-state index in [1.54, 1.807) is 30.3 Å². The number of aromatic nitrogens is 3. The monoisotopic (exact) mass is 353 g/mol. The van der Waals surface area contributed by atoms with Crippen LogP contribution in [0.2, 0.25) is 0 Å². The first kappa shape index (κ1) is 16.3. The van der Waals surface area contributed by atoms with Crippen LogP contribution in [0.3, 0.4) is 0 Å². The first-order valence-corrected chi connectivity index (χ1v) is 8.42. The van der Waals surface area contributed by atoms with Crippen LogP contribution < -0.4 is 9.64 Å². The molecule has 0 bridgehead atoms. The topological polar surface area (TPSA) is 84.6 Å². The summed E-state index contributed by atoms with van der Waals surface area (Å²) in [5, 5.41) is 0. The van der Waals surface area contributed by atoms with Crippen molar-refractivity contribution in [1.82, 2.24) is 19.9 Å². The molecule has 3 aromatic rings. The molecule has 1 saturated heterocycles. The Hall–Kier alpha value is -3.16. The lowest BCUT2D eigenvalue weighted by molar-refractivity contribution is 0.0716. The number of anilines is 1. The zero-order chi connectivity index (χ0) is 18.1. The molecule has 0 spiro atoms. The zero-order valence-corrected chi connectivity index (χ0v) is 14.7. The highest BCUT2D eigenvalue weighted by molar-refractivity contribution is 5.95. The van der Waals surface area contributed by atoms with Crippen LogP contribution in [0, 0.1) is 6.92 Å². The standard InChI is InChI=1S/C18H19N5O3/c1-12-3-4-14-13(20-12)11-15(26-14)17(24)22-7-9-23(10-8-22)18-19-6-5-16(21-18)25-2/h3-6,11H,7-10H2,1-2H3. The summed E-state index contributed by atoms with van der Waals surface area (Å²) in [6.07, 6.45) is 1.67. The average molecular weight is 353 g/mol. The minimum Gasteiger partial charge on any atom is -0.481 e. The molecule has 8 heteroatoms. The molecule has 0 aromatic carbocycles. The van der Waals surface area contributed by atoms with Crippen LogP contribution in [0.25, 0.3) is 11.1 Å². The molecule has 0 saturated carbocycles. The van der Waals surface area contributed by atoms with Gasteiger partial charge in [0.25, 0.3) is 5.91 Å². The van der Waals surface area contributed by atoms with Gasteiger partial charge in [-0.25, -0.2) is 9.97 Å². The number of nitrogens with zero attached hydrogens (tertiary/aromatic N) is 5. The molecule has 0 unspecified atom stereocenters. The second-order valence-electron chi connectivity index (χ2n) is 6.12. The van der Waals surface area contributed by atoms with Gasteiger partial charge in [0.2, 0.25) is 11.8 Å². The third-order valence-electron chi connectivity index (χ3n) is 4.40. The third-order valence-corrected chi connectivity index (χ3v) is 4.40. The Morgan fingerprint density at radius 1 is 1.15 bits per heavy atom. The van der Waals surface area contributed by atoms with Crippen LogP contribution in [0.4, 0.5) is 5.95 Å². The predicted octanol–water partition coefficient (Wildman–Crippen LogP) is 1.90. The number of rotatable bonds is 3. The number of methoxy groups -OCH3 is 1. The fraction of sp³-hybridized carbons (Fsp3) is 0.333. The zero-order valence-electron chi connectivity index (χ0n) is 14.7. The molecule has 1 aliphatic rings. The van der Waals surface area contributed by atoms with Crippen molar-refractivity contribution in [1.29, 1.82) is 0 Å². The summed E-state index contributed by atoms with van der Waals surface area (Å²) in [6, 6.07) is 7.13. The van der Waals surface area contributed by atoms with Crippen molar-refractivity contribution in [3.8, 4) is 5.88 Å². The van der Waals surface area contributed by atoms with E-state index < -0.39 is 0 Å². The van der Waals surface area contributed by atoms with Crippen LogP contribution in [-0.4, -0.2) is 59.0 Å². The van der Waals surface area contributed by atoms with Gasteiger partial charge in [-0.15, -0.1) is 0 Å². The lowest BCUT2D eigenvalue weighted by atomic mass is 10.3. The Morgan fingerprint density at radius 2 is 1.96 bits per heavy atom. The van der Waals surface area contributed by atoms with Gasteiger partial charge in [0.1, 0.15) is 5.52 Å². The summed E-state index contributed by atoms with van der Waals surface area (Å²) >= 11 is 0. The highest BCUT2D eigenvalue weighted by Gasteiger charge is 2.26. The number of carbonyl (C=O) groups excluding carboxylic acids is 1. The van der Waals surface area contributed by atoms with Gasteiger partial charge < -0.3 is 19.0 Å². The number of fused-ring (bicyclic) bond motifs is 1. The van der Waals surface area contributed by atoms with E-state index in [0.717, 1.165) is 5.69 Å². The Morgan fingerprint density at radius 3 is 2.73 bits per heavy atom. The fourth-order valence-corrected chi connectivity index (χ4v) is 3.00. The van der Waals surface area contributed by atoms with Crippen molar-refractivity contribution >= 4 is 23.0 Å². The molecule has 1 aliphatic heterocycles. The van der Waals surface area contributed by atoms with E-state index >= 15 is 0 Å². The summed E-state index contributed by atoms with van der Waals surface area (Å²) in [7, 11) is 1.58. The second kappa shape index (κ2) is 6.62. The van der Waals surface area contributed by atoms with Crippen molar-refractivity contribution in [2.75, 3.05) is 38.2 Å². The minimum atomic E-state index is -0.119. The molecule has 4 heterocycles. The van der Waals surface area contributed by atoms with E-state index in [1.807, 2.05) is 24.0 Å². The average Bonchev–Trinajstić information content (AvgIpc) is 3.10. The van der Waals surface area contributed by atoms with Crippen LogP contribution >= 0.6 is 0 Å². The molecule has 8 nitrogen and oxygen atoms in total. The predicted molar refractivity (Wildman–Crippen MR) is 95.4 cm³/mol. The van der Waals surface area contributed by atoms with Gasteiger partial charge in [0.15, 0.2) is 11.3 Å². The van der Waals surface area contributed by atoms with Crippen molar-refractivity contribution in [3.05, 3.63) is 41.9 Å². The maximum Gasteiger partial charge on any atom is 0.289 e. The number of pyridine rings is 1. The maximum atomic E-state index is 12.7. The van der Waals surface area contributed by atoms with E-state index in [1.165, 1.54) is 0 Å². The molecule has 0 aliphatic carbocycles. The SMILES string of the molecule is COc1ccnc(N2CCN(C(=O)c3cc4nc(C)ccc4o3)CC2)n1. The molecule has 3 aromatic heterocycles. The number of ether oxygens (including phenoxy) is 1. The molecule has 1 fully saturated rings. The van der Waals surface area contributed by atoms with Gasteiger partial charge >= 0.3 is 0 Å². The fourth-order valence-electron chi connectivity index (χ4n) is 3.00. The van der Waals surface area contributed by atoms with Gasteiger partial charge in [0, 0.05) is 50.2 Å². The van der Waals surface area contributed by atoms with Crippen LogP contribution in [0.15, 0.2) is 34.9 Å². The lowest BCUT2D eigenvalue weighted by Crippen LogP contribution is -2.49. The molecule has 134 valence electrons. The van der Waals surface area contributed by atoms with Crippen molar-refractivity contribution in [2.45, 2.75) is 6.92 Å². The first-order chi connectivity index (χ1) is 12.6. The maximum absolute atomic E-state index is 12.7. The second-order valence-corrected chi connectivity index (χ2v) is 6.12. The molecule has 1 amide bonds. The normalized spacial score (nSPS) is 14.7. The molecule has 0 radical (unpaired) electrons. The van der Waals surface area contributed by atoms with E-state index in [9.17, 15) is 4.79 Å². The first-order valence-electron chi connectivity index (χ1n) is 8.42. The van der Waals surface area contributed by atoms with E-state index in [2.05, 4.69) is 15.0 Å². The Labute approximate surface area is 150 Å². The minimum absolute atomic E-state index is 0.119. The van der Waals surface area contributed by atoms with Gasteiger partial charge in [-0.2, -0.15) is 4.98 Å².